The Kier molecular flexibility index (Phi) is 3.89. The van der Waals surface area contributed by atoms with E-state index in [0.717, 1.165) is 38.0 Å². The summed E-state index contributed by atoms with van der Waals surface area (Å²) in [5.74, 6) is 0.297. The monoisotopic (exact) mass is 320 g/mol. The summed E-state index contributed by atoms with van der Waals surface area (Å²) in [6.07, 6.45) is 3.22. The van der Waals surface area contributed by atoms with Crippen LogP contribution in [-0.2, 0) is 23.2 Å². The molecule has 2 unspecified atom stereocenters. The molecule has 0 aromatic heterocycles. The van der Waals surface area contributed by atoms with Crippen LogP contribution in [0.3, 0.4) is 0 Å². The Bertz CT molecular complexity index is 770. The molecule has 2 atom stereocenters. The molecular weight excluding hydrogens is 296 g/mol. The summed E-state index contributed by atoms with van der Waals surface area (Å²) in [6, 6.07) is 16.8. The van der Waals surface area contributed by atoms with Crippen LogP contribution in [0, 0.1) is 5.92 Å². The molecule has 24 heavy (non-hydrogen) atoms. The van der Waals surface area contributed by atoms with Crippen LogP contribution in [0.2, 0.25) is 0 Å². The summed E-state index contributed by atoms with van der Waals surface area (Å²) < 4.78 is 0. The van der Waals surface area contributed by atoms with E-state index in [9.17, 15) is 4.79 Å². The maximum atomic E-state index is 12.7. The van der Waals surface area contributed by atoms with Crippen LogP contribution in [0.25, 0.3) is 0 Å². The molecule has 0 aliphatic heterocycles. The SMILES string of the molecule is CCNCc1cccc(NC(=O)C2CC23CCc2ccccc23)c1. The first-order valence-corrected chi connectivity index (χ1v) is 8.92. The van der Waals surface area contributed by atoms with Crippen molar-refractivity contribution in [3.63, 3.8) is 0 Å². The molecule has 1 saturated carbocycles. The summed E-state index contributed by atoms with van der Waals surface area (Å²) in [7, 11) is 0. The molecule has 2 aromatic carbocycles. The van der Waals surface area contributed by atoms with Crippen molar-refractivity contribution in [2.24, 2.45) is 5.92 Å². The van der Waals surface area contributed by atoms with Crippen LogP contribution < -0.4 is 10.6 Å². The fourth-order valence-corrected chi connectivity index (χ4v) is 4.20. The number of benzene rings is 2. The third kappa shape index (κ3) is 2.63. The van der Waals surface area contributed by atoms with Gasteiger partial charge in [0, 0.05) is 23.6 Å². The van der Waals surface area contributed by atoms with E-state index in [1.54, 1.807) is 0 Å². The van der Waals surface area contributed by atoms with E-state index in [1.807, 2.05) is 12.1 Å². The van der Waals surface area contributed by atoms with Gasteiger partial charge in [-0.15, -0.1) is 0 Å². The van der Waals surface area contributed by atoms with Gasteiger partial charge in [-0.25, -0.2) is 0 Å². The Morgan fingerprint density at radius 3 is 2.96 bits per heavy atom. The van der Waals surface area contributed by atoms with Gasteiger partial charge in [0.25, 0.3) is 0 Å². The second kappa shape index (κ2) is 6.06. The lowest BCUT2D eigenvalue weighted by molar-refractivity contribution is -0.117. The largest absolute Gasteiger partial charge is 0.326 e. The molecule has 2 aliphatic rings. The Labute approximate surface area is 143 Å². The highest BCUT2D eigenvalue weighted by Crippen LogP contribution is 2.61. The number of anilines is 1. The van der Waals surface area contributed by atoms with Crippen molar-refractivity contribution < 1.29 is 4.79 Å². The second-order valence-corrected chi connectivity index (χ2v) is 7.04. The predicted octanol–water partition coefficient (Wildman–Crippen LogP) is 3.64. The number of amides is 1. The number of nitrogens with one attached hydrogen (secondary N) is 2. The van der Waals surface area contributed by atoms with Gasteiger partial charge < -0.3 is 10.6 Å². The zero-order valence-corrected chi connectivity index (χ0v) is 14.1. The molecule has 0 radical (unpaired) electrons. The first kappa shape index (κ1) is 15.4. The van der Waals surface area contributed by atoms with Crippen LogP contribution in [0.4, 0.5) is 5.69 Å². The molecule has 2 aliphatic carbocycles. The number of fused-ring (bicyclic) bond motifs is 2. The van der Waals surface area contributed by atoms with Gasteiger partial charge in [-0.05, 0) is 54.6 Å². The Balaban J connectivity index is 1.45. The highest BCUT2D eigenvalue weighted by atomic mass is 16.2. The summed E-state index contributed by atoms with van der Waals surface area (Å²) in [4.78, 5) is 12.7. The molecule has 3 heteroatoms. The Morgan fingerprint density at radius 1 is 1.21 bits per heavy atom. The minimum Gasteiger partial charge on any atom is -0.326 e. The molecule has 3 nitrogen and oxygen atoms in total. The van der Waals surface area contributed by atoms with Gasteiger partial charge >= 0.3 is 0 Å². The summed E-state index contributed by atoms with van der Waals surface area (Å²) >= 11 is 0. The molecule has 1 fully saturated rings. The Hall–Kier alpha value is -2.13. The average molecular weight is 320 g/mol. The van der Waals surface area contributed by atoms with Crippen LogP contribution >= 0.6 is 0 Å². The number of hydrogen-bond donors (Lipinski definition) is 2. The molecule has 124 valence electrons. The first-order chi connectivity index (χ1) is 11.7. The van der Waals surface area contributed by atoms with Gasteiger partial charge in [-0.1, -0.05) is 43.3 Å². The summed E-state index contributed by atoms with van der Waals surface area (Å²) in [5, 5.41) is 6.45. The maximum absolute atomic E-state index is 12.7. The number of hydrogen-bond acceptors (Lipinski definition) is 2. The molecule has 0 saturated heterocycles. The van der Waals surface area contributed by atoms with Crippen LogP contribution in [-0.4, -0.2) is 12.5 Å². The third-order valence-corrected chi connectivity index (χ3v) is 5.56. The van der Waals surface area contributed by atoms with E-state index >= 15 is 0 Å². The predicted molar refractivity (Wildman–Crippen MR) is 97.0 cm³/mol. The van der Waals surface area contributed by atoms with Crippen molar-refractivity contribution >= 4 is 11.6 Å². The van der Waals surface area contributed by atoms with E-state index in [-0.39, 0.29) is 17.2 Å². The van der Waals surface area contributed by atoms with Crippen molar-refractivity contribution in [2.45, 2.75) is 38.1 Å². The van der Waals surface area contributed by atoms with Crippen molar-refractivity contribution in [1.29, 1.82) is 0 Å². The lowest BCUT2D eigenvalue weighted by Crippen LogP contribution is -2.20. The molecule has 0 bridgehead atoms. The van der Waals surface area contributed by atoms with Crippen LogP contribution in [0.15, 0.2) is 48.5 Å². The normalized spacial score (nSPS) is 24.0. The summed E-state index contributed by atoms with van der Waals surface area (Å²) in [5.41, 5.74) is 5.06. The molecule has 2 N–H and O–H groups in total. The van der Waals surface area contributed by atoms with Gasteiger partial charge in [0.15, 0.2) is 0 Å². The summed E-state index contributed by atoms with van der Waals surface area (Å²) in [6.45, 7) is 3.87. The highest BCUT2D eigenvalue weighted by molar-refractivity contribution is 5.96. The topological polar surface area (TPSA) is 41.1 Å². The second-order valence-electron chi connectivity index (χ2n) is 7.04. The van der Waals surface area contributed by atoms with Crippen molar-refractivity contribution in [3.8, 4) is 0 Å². The third-order valence-electron chi connectivity index (χ3n) is 5.56. The molecule has 4 rings (SSSR count). The fourth-order valence-electron chi connectivity index (χ4n) is 4.20. The lowest BCUT2D eigenvalue weighted by atomic mass is 9.95. The minimum absolute atomic E-state index is 0.113. The van der Waals surface area contributed by atoms with E-state index < -0.39 is 0 Å². The molecule has 1 spiro atoms. The molecule has 1 amide bonds. The Morgan fingerprint density at radius 2 is 2.08 bits per heavy atom. The quantitative estimate of drug-likeness (QED) is 0.883. The van der Waals surface area contributed by atoms with Crippen LogP contribution in [0.5, 0.6) is 0 Å². The van der Waals surface area contributed by atoms with E-state index in [2.05, 4.69) is 54.0 Å². The number of rotatable bonds is 5. The van der Waals surface area contributed by atoms with E-state index in [1.165, 1.54) is 16.7 Å². The average Bonchev–Trinajstić information content (AvgIpc) is 3.23. The van der Waals surface area contributed by atoms with Crippen molar-refractivity contribution in [3.05, 3.63) is 65.2 Å². The van der Waals surface area contributed by atoms with E-state index in [0.29, 0.717) is 0 Å². The smallest absolute Gasteiger partial charge is 0.228 e. The number of carbonyl (C=O) groups is 1. The van der Waals surface area contributed by atoms with Gasteiger partial charge in [0.2, 0.25) is 5.91 Å². The van der Waals surface area contributed by atoms with Crippen LogP contribution in [0.1, 0.15) is 36.5 Å². The van der Waals surface area contributed by atoms with Crippen molar-refractivity contribution in [2.75, 3.05) is 11.9 Å². The minimum atomic E-state index is 0.113. The van der Waals surface area contributed by atoms with E-state index in [4.69, 9.17) is 0 Å². The van der Waals surface area contributed by atoms with Gasteiger partial charge in [0.1, 0.15) is 0 Å². The van der Waals surface area contributed by atoms with Crippen molar-refractivity contribution in [1.82, 2.24) is 5.32 Å². The molecule has 0 heterocycles. The fraction of sp³-hybridized carbons (Fsp3) is 0.381. The molecular formula is C21H24N2O. The van der Waals surface area contributed by atoms with Gasteiger partial charge in [-0.3, -0.25) is 4.79 Å². The standard InChI is InChI=1S/C21H24N2O/c1-2-22-14-15-6-5-8-17(12-15)23-20(24)19-13-21(19)11-10-16-7-3-4-9-18(16)21/h3-9,12,19,22H,2,10-11,13-14H2,1H3,(H,23,24). The molecule has 2 aromatic rings. The highest BCUT2D eigenvalue weighted by Gasteiger charge is 2.61. The zero-order valence-electron chi connectivity index (χ0n) is 14.1. The number of aryl methyl sites for hydroxylation is 1. The number of carbonyl (C=O) groups excluding carboxylic acids is 1. The lowest BCUT2D eigenvalue weighted by Gasteiger charge is -2.12. The maximum Gasteiger partial charge on any atom is 0.228 e. The van der Waals surface area contributed by atoms with Gasteiger partial charge in [-0.2, -0.15) is 0 Å². The first-order valence-electron chi connectivity index (χ1n) is 8.92. The van der Waals surface area contributed by atoms with Gasteiger partial charge in [0.05, 0.1) is 0 Å². The zero-order chi connectivity index (χ0) is 16.6.